The summed E-state index contributed by atoms with van der Waals surface area (Å²) in [6.45, 7) is 19.5. The Labute approximate surface area is 181 Å². The Kier molecular flexibility index (Phi) is 8.14. The van der Waals surface area contributed by atoms with E-state index in [1.54, 1.807) is 62.3 Å². The van der Waals surface area contributed by atoms with Gasteiger partial charge in [-0.2, -0.15) is 0 Å². The van der Waals surface area contributed by atoms with E-state index in [4.69, 9.17) is 18.9 Å². The summed E-state index contributed by atoms with van der Waals surface area (Å²) in [5, 5.41) is 0. The number of carbonyl (C=O) groups is 3. The summed E-state index contributed by atoms with van der Waals surface area (Å²) in [4.78, 5) is 37.6. The van der Waals surface area contributed by atoms with Crippen molar-refractivity contribution < 1.29 is 33.3 Å². The number of ether oxygens (including phenoxy) is 4. The third kappa shape index (κ3) is 6.96. The molecule has 7 heteroatoms. The largest absolute Gasteiger partial charge is 0.462 e. The van der Waals surface area contributed by atoms with Gasteiger partial charge >= 0.3 is 17.9 Å². The van der Waals surface area contributed by atoms with E-state index in [1.807, 2.05) is 13.8 Å². The predicted octanol–water partition coefficient (Wildman–Crippen LogP) is 3.91. The predicted molar refractivity (Wildman–Crippen MR) is 113 cm³/mol. The van der Waals surface area contributed by atoms with Gasteiger partial charge in [-0.25, -0.2) is 0 Å². The highest BCUT2D eigenvalue weighted by Crippen LogP contribution is 2.34. The van der Waals surface area contributed by atoms with Crippen molar-refractivity contribution in [3.05, 3.63) is 0 Å². The maximum atomic E-state index is 12.7. The van der Waals surface area contributed by atoms with Gasteiger partial charge in [0.15, 0.2) is 6.10 Å². The molecule has 0 amide bonds. The molecule has 30 heavy (non-hydrogen) atoms. The Bertz CT molecular complexity index is 633. The Balaban J connectivity index is 3.20. The van der Waals surface area contributed by atoms with Crippen LogP contribution >= 0.6 is 0 Å². The molecule has 7 nitrogen and oxygen atoms in total. The number of esters is 3. The van der Waals surface area contributed by atoms with Crippen molar-refractivity contribution in [3.63, 3.8) is 0 Å². The first-order valence-electron chi connectivity index (χ1n) is 10.6. The second-order valence-corrected chi connectivity index (χ2v) is 11.3. The summed E-state index contributed by atoms with van der Waals surface area (Å²) in [5.74, 6) is -1.44. The van der Waals surface area contributed by atoms with E-state index in [1.165, 1.54) is 0 Å². The number of rotatable bonds is 4. The third-order valence-corrected chi connectivity index (χ3v) is 5.04. The molecule has 0 aromatic heterocycles. The molecule has 0 spiro atoms. The van der Waals surface area contributed by atoms with Crippen molar-refractivity contribution in [1.82, 2.24) is 0 Å². The van der Waals surface area contributed by atoms with Crippen molar-refractivity contribution in [2.75, 3.05) is 6.61 Å². The highest BCUT2D eigenvalue weighted by atomic mass is 16.6. The minimum absolute atomic E-state index is 0.0984. The van der Waals surface area contributed by atoms with Crippen LogP contribution in [-0.2, 0) is 33.3 Å². The lowest BCUT2D eigenvalue weighted by Gasteiger charge is -2.44. The van der Waals surface area contributed by atoms with Crippen molar-refractivity contribution in [2.45, 2.75) is 101 Å². The van der Waals surface area contributed by atoms with Crippen LogP contribution < -0.4 is 0 Å². The van der Waals surface area contributed by atoms with Crippen LogP contribution in [0.2, 0.25) is 0 Å². The average Bonchev–Trinajstić information content (AvgIpc) is 2.56. The van der Waals surface area contributed by atoms with Crippen LogP contribution in [0.5, 0.6) is 0 Å². The van der Waals surface area contributed by atoms with E-state index in [9.17, 15) is 14.4 Å². The molecule has 0 aromatic rings. The SMILES string of the molecule is C[C@H]1[C@@H](OC(=O)C(C)(C)C)[C@H](OC(=O)C(C)(C)C)[C@@H](COC(=O)C(C)(C)C)O[C@@H]1C. The fourth-order valence-corrected chi connectivity index (χ4v) is 2.68. The molecule has 1 aliphatic rings. The van der Waals surface area contributed by atoms with Gasteiger partial charge in [-0.05, 0) is 69.2 Å². The average molecular weight is 429 g/mol. The lowest BCUT2D eigenvalue weighted by atomic mass is 9.87. The third-order valence-electron chi connectivity index (χ3n) is 5.04. The molecule has 0 N–H and O–H groups in total. The van der Waals surface area contributed by atoms with Gasteiger partial charge in [0.05, 0.1) is 22.3 Å². The zero-order chi connectivity index (χ0) is 23.7. The van der Waals surface area contributed by atoms with Crippen LogP contribution in [0, 0.1) is 22.2 Å². The maximum absolute atomic E-state index is 12.7. The molecular weight excluding hydrogens is 388 g/mol. The van der Waals surface area contributed by atoms with Gasteiger partial charge in [-0.15, -0.1) is 0 Å². The first-order valence-corrected chi connectivity index (χ1v) is 10.6. The molecule has 1 heterocycles. The molecule has 0 bridgehead atoms. The van der Waals surface area contributed by atoms with Crippen LogP contribution in [0.25, 0.3) is 0 Å². The van der Waals surface area contributed by atoms with Gasteiger partial charge in [0.1, 0.15) is 18.8 Å². The monoisotopic (exact) mass is 428 g/mol. The van der Waals surface area contributed by atoms with E-state index in [0.717, 1.165) is 0 Å². The van der Waals surface area contributed by atoms with Gasteiger partial charge < -0.3 is 18.9 Å². The molecule has 5 atom stereocenters. The zero-order valence-electron chi connectivity index (χ0n) is 20.5. The second kappa shape index (κ2) is 9.25. The Morgan fingerprint density at radius 2 is 1.10 bits per heavy atom. The Morgan fingerprint density at radius 1 is 0.700 bits per heavy atom. The van der Waals surface area contributed by atoms with Gasteiger partial charge in [0.2, 0.25) is 0 Å². The van der Waals surface area contributed by atoms with E-state index in [2.05, 4.69) is 0 Å². The van der Waals surface area contributed by atoms with Gasteiger partial charge in [-0.3, -0.25) is 14.4 Å². The Morgan fingerprint density at radius 3 is 1.50 bits per heavy atom. The van der Waals surface area contributed by atoms with Crippen molar-refractivity contribution >= 4 is 17.9 Å². The normalized spacial score (nSPS) is 27.9. The maximum Gasteiger partial charge on any atom is 0.311 e. The van der Waals surface area contributed by atoms with E-state index in [0.29, 0.717) is 0 Å². The zero-order valence-corrected chi connectivity index (χ0v) is 20.5. The summed E-state index contributed by atoms with van der Waals surface area (Å²) in [5.41, 5.74) is -2.14. The summed E-state index contributed by atoms with van der Waals surface area (Å²) in [7, 11) is 0. The standard InChI is InChI=1S/C23H40O7/c1-13-14(2)28-15(12-27-18(24)21(3,4)5)17(30-20(26)23(9,10)11)16(13)29-19(25)22(6,7)8/h13-17H,12H2,1-11H3/t13-,14-,15-,16-,17-/m1/s1. The summed E-state index contributed by atoms with van der Waals surface area (Å²) < 4.78 is 23.1. The number of hydrogen-bond acceptors (Lipinski definition) is 7. The quantitative estimate of drug-likeness (QED) is 0.495. The molecule has 1 saturated heterocycles. The molecule has 0 radical (unpaired) electrons. The molecule has 1 rings (SSSR count). The fourth-order valence-electron chi connectivity index (χ4n) is 2.68. The molecular formula is C23H40O7. The van der Waals surface area contributed by atoms with Crippen LogP contribution in [0.15, 0.2) is 0 Å². The molecule has 0 aromatic carbocycles. The molecule has 0 saturated carbocycles. The van der Waals surface area contributed by atoms with Crippen molar-refractivity contribution in [1.29, 1.82) is 0 Å². The van der Waals surface area contributed by atoms with Gasteiger partial charge in [-0.1, -0.05) is 6.92 Å². The summed E-state index contributed by atoms with van der Waals surface area (Å²) in [6, 6.07) is 0. The topological polar surface area (TPSA) is 88.1 Å². The highest BCUT2D eigenvalue weighted by Gasteiger charge is 2.49. The van der Waals surface area contributed by atoms with Crippen molar-refractivity contribution in [3.8, 4) is 0 Å². The first-order chi connectivity index (χ1) is 13.4. The van der Waals surface area contributed by atoms with E-state index < -0.39 is 46.5 Å². The van der Waals surface area contributed by atoms with Gasteiger partial charge in [0.25, 0.3) is 0 Å². The highest BCUT2D eigenvalue weighted by molar-refractivity contribution is 5.77. The summed E-state index contributed by atoms with van der Waals surface area (Å²) >= 11 is 0. The second-order valence-electron chi connectivity index (χ2n) is 11.3. The van der Waals surface area contributed by atoms with Crippen LogP contribution in [0.1, 0.15) is 76.2 Å². The molecule has 0 unspecified atom stereocenters. The summed E-state index contributed by atoms with van der Waals surface area (Å²) in [6.07, 6.45) is -2.63. The van der Waals surface area contributed by atoms with Gasteiger partial charge in [0, 0.05) is 5.92 Å². The smallest absolute Gasteiger partial charge is 0.311 e. The minimum atomic E-state index is -0.887. The van der Waals surface area contributed by atoms with E-state index >= 15 is 0 Å². The number of hydrogen-bond donors (Lipinski definition) is 0. The Hall–Kier alpha value is -1.63. The molecule has 174 valence electrons. The fraction of sp³-hybridized carbons (Fsp3) is 0.870. The van der Waals surface area contributed by atoms with Crippen LogP contribution in [-0.4, -0.2) is 48.9 Å². The molecule has 1 fully saturated rings. The molecule has 1 aliphatic heterocycles. The number of carbonyl (C=O) groups excluding carboxylic acids is 3. The minimum Gasteiger partial charge on any atom is -0.462 e. The lowest BCUT2D eigenvalue weighted by molar-refractivity contribution is -0.236. The lowest BCUT2D eigenvalue weighted by Crippen LogP contribution is -2.58. The van der Waals surface area contributed by atoms with Crippen LogP contribution in [0.3, 0.4) is 0 Å². The van der Waals surface area contributed by atoms with Crippen molar-refractivity contribution in [2.24, 2.45) is 22.2 Å². The molecule has 0 aliphatic carbocycles. The first kappa shape index (κ1) is 26.4. The van der Waals surface area contributed by atoms with E-state index in [-0.39, 0.29) is 24.6 Å². The van der Waals surface area contributed by atoms with Crippen LogP contribution in [0.4, 0.5) is 0 Å².